The van der Waals surface area contributed by atoms with E-state index in [1.54, 1.807) is 6.07 Å². The van der Waals surface area contributed by atoms with Gasteiger partial charge < -0.3 is 10.4 Å². The van der Waals surface area contributed by atoms with Crippen molar-refractivity contribution in [2.45, 2.75) is 19.4 Å². The van der Waals surface area contributed by atoms with Crippen molar-refractivity contribution in [3.05, 3.63) is 34.1 Å². The Hall–Kier alpha value is -1.43. The molecule has 0 unspecified atom stereocenters. The first-order chi connectivity index (χ1) is 7.90. The number of amides is 1. The van der Waals surface area contributed by atoms with Crippen LogP contribution in [0.3, 0.4) is 0 Å². The molecule has 0 aliphatic rings. The highest BCUT2D eigenvalue weighted by Gasteiger charge is 2.19. The first-order valence-corrected chi connectivity index (χ1v) is 5.63. The van der Waals surface area contributed by atoms with Gasteiger partial charge in [0, 0.05) is 17.0 Å². The predicted octanol–water partition coefficient (Wildman–Crippen LogP) is 2.24. The van der Waals surface area contributed by atoms with Crippen LogP contribution in [-0.4, -0.2) is 17.0 Å². The van der Waals surface area contributed by atoms with Crippen LogP contribution in [0.25, 0.3) is 0 Å². The molecular weight excluding hydrogens is 293 g/mol. The molecule has 0 spiro atoms. The maximum Gasteiger partial charge on any atom is 0.305 e. The topological polar surface area (TPSA) is 66.4 Å². The fourth-order valence-corrected chi connectivity index (χ4v) is 1.78. The highest BCUT2D eigenvalue weighted by Crippen LogP contribution is 2.23. The number of carboxylic acid groups (broad SMARTS) is 1. The normalized spacial score (nSPS) is 11.9. The number of nitrogens with one attached hydrogen (secondary N) is 1. The number of halogens is 2. The van der Waals surface area contributed by atoms with Gasteiger partial charge in [-0.2, -0.15) is 0 Å². The van der Waals surface area contributed by atoms with Crippen LogP contribution >= 0.6 is 15.9 Å². The van der Waals surface area contributed by atoms with Gasteiger partial charge in [0.05, 0.1) is 12.5 Å². The fraction of sp³-hybridized carbons (Fsp3) is 0.273. The van der Waals surface area contributed by atoms with Crippen LogP contribution in [0.2, 0.25) is 0 Å². The molecule has 4 nitrogen and oxygen atoms in total. The minimum Gasteiger partial charge on any atom is -0.481 e. The summed E-state index contributed by atoms with van der Waals surface area (Å²) in [6.45, 7) is 1.26. The number of hydrogen-bond donors (Lipinski definition) is 2. The Balaban J connectivity index is 3.02. The van der Waals surface area contributed by atoms with Gasteiger partial charge in [-0.25, -0.2) is 4.39 Å². The van der Waals surface area contributed by atoms with Crippen LogP contribution < -0.4 is 5.32 Å². The summed E-state index contributed by atoms with van der Waals surface area (Å²) in [4.78, 5) is 21.6. The van der Waals surface area contributed by atoms with Crippen molar-refractivity contribution in [2.75, 3.05) is 0 Å². The zero-order chi connectivity index (χ0) is 13.0. The number of carbonyl (C=O) groups excluding carboxylic acids is 1. The Bertz CT molecular complexity index is 434. The van der Waals surface area contributed by atoms with Gasteiger partial charge in [-0.3, -0.25) is 9.59 Å². The average molecular weight is 304 g/mol. The summed E-state index contributed by atoms with van der Waals surface area (Å²) in [6, 6.07) is 3.41. The molecule has 1 atom stereocenters. The number of carboxylic acids is 1. The summed E-state index contributed by atoms with van der Waals surface area (Å²) in [6.07, 6.45) is -0.363. The standard InChI is InChI=1S/C11H11BrFNO3/c1-6(15)14-10(5-11(16)17)8-3-2-7(12)4-9(8)13/h2-4,10H,5H2,1H3,(H,14,15)(H,16,17)/t10-/m0/s1. The molecule has 1 amide bonds. The molecule has 17 heavy (non-hydrogen) atoms. The maximum absolute atomic E-state index is 13.6. The summed E-state index contributed by atoms with van der Waals surface area (Å²) in [5.41, 5.74) is 0.158. The molecule has 0 bridgehead atoms. The smallest absolute Gasteiger partial charge is 0.305 e. The zero-order valence-electron chi connectivity index (χ0n) is 9.04. The molecule has 0 aromatic heterocycles. The third-order valence-electron chi connectivity index (χ3n) is 2.09. The minimum atomic E-state index is -1.11. The molecule has 0 aliphatic heterocycles. The van der Waals surface area contributed by atoms with Gasteiger partial charge in [-0.05, 0) is 12.1 Å². The van der Waals surface area contributed by atoms with E-state index in [4.69, 9.17) is 5.11 Å². The molecule has 0 heterocycles. The van der Waals surface area contributed by atoms with Crippen molar-refractivity contribution in [3.8, 4) is 0 Å². The lowest BCUT2D eigenvalue weighted by Crippen LogP contribution is -2.28. The summed E-state index contributed by atoms with van der Waals surface area (Å²) in [7, 11) is 0. The van der Waals surface area contributed by atoms with Gasteiger partial charge >= 0.3 is 5.97 Å². The first kappa shape index (κ1) is 13.6. The van der Waals surface area contributed by atoms with Crippen LogP contribution in [0.5, 0.6) is 0 Å². The molecule has 1 aromatic rings. The predicted molar refractivity (Wildman–Crippen MR) is 62.9 cm³/mol. The second-order valence-electron chi connectivity index (χ2n) is 3.52. The molecule has 1 rings (SSSR count). The van der Waals surface area contributed by atoms with E-state index in [0.29, 0.717) is 4.47 Å². The largest absolute Gasteiger partial charge is 0.481 e. The van der Waals surface area contributed by atoms with Gasteiger partial charge in [0.1, 0.15) is 5.82 Å². The Labute approximate surface area is 106 Å². The summed E-state index contributed by atoms with van der Waals surface area (Å²) in [5.74, 6) is -2.07. The SMILES string of the molecule is CC(=O)N[C@@H](CC(=O)O)c1ccc(Br)cc1F. The van der Waals surface area contributed by atoms with Crippen molar-refractivity contribution in [1.29, 1.82) is 0 Å². The monoisotopic (exact) mass is 303 g/mol. The van der Waals surface area contributed by atoms with Crippen LogP contribution in [0.4, 0.5) is 4.39 Å². The molecule has 6 heteroatoms. The van der Waals surface area contributed by atoms with Crippen molar-refractivity contribution in [1.82, 2.24) is 5.32 Å². The number of benzene rings is 1. The van der Waals surface area contributed by atoms with E-state index in [0.717, 1.165) is 0 Å². The highest BCUT2D eigenvalue weighted by molar-refractivity contribution is 9.10. The van der Waals surface area contributed by atoms with Gasteiger partial charge in [0.25, 0.3) is 0 Å². The quantitative estimate of drug-likeness (QED) is 0.896. The van der Waals surface area contributed by atoms with Crippen molar-refractivity contribution in [3.63, 3.8) is 0 Å². The van der Waals surface area contributed by atoms with Gasteiger partial charge in [-0.1, -0.05) is 22.0 Å². The second-order valence-corrected chi connectivity index (χ2v) is 4.43. The van der Waals surface area contributed by atoms with E-state index in [-0.39, 0.29) is 12.0 Å². The van der Waals surface area contributed by atoms with Gasteiger partial charge in [0.15, 0.2) is 0 Å². The number of aliphatic carboxylic acids is 1. The Morgan fingerprint density at radius 2 is 2.18 bits per heavy atom. The minimum absolute atomic E-state index is 0.158. The van der Waals surface area contributed by atoms with E-state index >= 15 is 0 Å². The van der Waals surface area contributed by atoms with Crippen molar-refractivity contribution < 1.29 is 19.1 Å². The van der Waals surface area contributed by atoms with Crippen LogP contribution in [-0.2, 0) is 9.59 Å². The summed E-state index contributed by atoms with van der Waals surface area (Å²) >= 11 is 3.10. The number of hydrogen-bond acceptors (Lipinski definition) is 2. The fourth-order valence-electron chi connectivity index (χ4n) is 1.44. The third-order valence-corrected chi connectivity index (χ3v) is 2.59. The molecule has 1 aromatic carbocycles. The van der Waals surface area contributed by atoms with E-state index in [9.17, 15) is 14.0 Å². The number of rotatable bonds is 4. The van der Waals surface area contributed by atoms with Gasteiger partial charge in [0.2, 0.25) is 5.91 Å². The molecule has 0 saturated heterocycles. The zero-order valence-corrected chi connectivity index (χ0v) is 10.6. The lowest BCUT2D eigenvalue weighted by Gasteiger charge is -2.17. The van der Waals surface area contributed by atoms with Crippen LogP contribution in [0.1, 0.15) is 24.9 Å². The summed E-state index contributed by atoms with van der Waals surface area (Å²) in [5, 5.41) is 11.1. The molecule has 0 fully saturated rings. The van der Waals surface area contributed by atoms with Gasteiger partial charge in [-0.15, -0.1) is 0 Å². The van der Waals surface area contributed by atoms with Crippen LogP contribution in [0, 0.1) is 5.82 Å². The molecule has 0 saturated carbocycles. The number of carbonyl (C=O) groups is 2. The molecule has 0 aliphatic carbocycles. The van der Waals surface area contributed by atoms with Crippen molar-refractivity contribution in [2.24, 2.45) is 0 Å². The van der Waals surface area contributed by atoms with E-state index in [1.807, 2.05) is 0 Å². The first-order valence-electron chi connectivity index (χ1n) is 4.84. The summed E-state index contributed by atoms with van der Waals surface area (Å²) < 4.78 is 14.2. The average Bonchev–Trinajstić information content (AvgIpc) is 2.14. The second kappa shape index (κ2) is 5.77. The van der Waals surface area contributed by atoms with E-state index < -0.39 is 23.7 Å². The van der Waals surface area contributed by atoms with Crippen molar-refractivity contribution >= 4 is 27.8 Å². The Morgan fingerprint density at radius 1 is 1.53 bits per heavy atom. The van der Waals surface area contributed by atoms with E-state index in [2.05, 4.69) is 21.2 Å². The highest BCUT2D eigenvalue weighted by atomic mass is 79.9. The lowest BCUT2D eigenvalue weighted by molar-refractivity contribution is -0.137. The van der Waals surface area contributed by atoms with Crippen LogP contribution in [0.15, 0.2) is 22.7 Å². The molecule has 0 radical (unpaired) electrons. The maximum atomic E-state index is 13.6. The molecule has 92 valence electrons. The van der Waals surface area contributed by atoms with E-state index in [1.165, 1.54) is 19.1 Å². The molecular formula is C11H11BrFNO3. The third kappa shape index (κ3) is 4.14. The molecule has 2 N–H and O–H groups in total. The Kier molecular flexibility index (Phi) is 4.62. The lowest BCUT2D eigenvalue weighted by atomic mass is 10.0. The Morgan fingerprint density at radius 3 is 2.65 bits per heavy atom.